The van der Waals surface area contributed by atoms with E-state index in [-0.39, 0.29) is 31.3 Å². The summed E-state index contributed by atoms with van der Waals surface area (Å²) in [6, 6.07) is 3.80. The molecule has 1 aliphatic rings. The number of aromatic nitrogens is 3. The Morgan fingerprint density at radius 2 is 1.83 bits per heavy atom. The molecule has 1 amide bonds. The Labute approximate surface area is 201 Å². The van der Waals surface area contributed by atoms with Gasteiger partial charge in [-0.15, -0.1) is 5.10 Å². The molecule has 2 aromatic carbocycles. The van der Waals surface area contributed by atoms with Crippen molar-refractivity contribution in [2.45, 2.75) is 46.2 Å². The van der Waals surface area contributed by atoms with Gasteiger partial charge < -0.3 is 14.8 Å². The summed E-state index contributed by atoms with van der Waals surface area (Å²) in [6.07, 6.45) is -7.16. The predicted octanol–water partition coefficient (Wildman–Crippen LogP) is 4.04. The zero-order valence-electron chi connectivity index (χ0n) is 19.4. The molecule has 13 heteroatoms. The van der Waals surface area contributed by atoms with Crippen molar-refractivity contribution >= 4 is 11.6 Å². The molecule has 1 aromatic heterocycles. The first-order chi connectivity index (χ1) is 16.9. The van der Waals surface area contributed by atoms with Crippen LogP contribution >= 0.6 is 0 Å². The molecule has 1 N–H and O–H groups in total. The lowest BCUT2D eigenvalue weighted by Gasteiger charge is -2.21. The van der Waals surface area contributed by atoms with Gasteiger partial charge in [0, 0.05) is 11.8 Å². The maximum Gasteiger partial charge on any atom is 0.425 e. The summed E-state index contributed by atoms with van der Waals surface area (Å²) in [5.74, 6) is -3.05. The summed E-state index contributed by atoms with van der Waals surface area (Å²) in [4.78, 5) is 25.8. The highest BCUT2D eigenvalue weighted by atomic mass is 19.4. The molecule has 2 heterocycles. The molecule has 0 fully saturated rings. The third kappa shape index (κ3) is 4.83. The van der Waals surface area contributed by atoms with E-state index in [1.54, 1.807) is 0 Å². The average Bonchev–Trinajstić information content (AvgIpc) is 3.12. The summed E-state index contributed by atoms with van der Waals surface area (Å²) in [7, 11) is 0. The quantitative estimate of drug-likeness (QED) is 0.522. The van der Waals surface area contributed by atoms with E-state index in [0.29, 0.717) is 21.9 Å². The third-order valence-corrected chi connectivity index (χ3v) is 5.65. The van der Waals surface area contributed by atoms with Crippen LogP contribution < -0.4 is 15.7 Å². The van der Waals surface area contributed by atoms with Gasteiger partial charge >= 0.3 is 11.9 Å². The van der Waals surface area contributed by atoms with Crippen LogP contribution in [0, 0.1) is 25.5 Å². The van der Waals surface area contributed by atoms with Gasteiger partial charge in [0.05, 0.1) is 18.7 Å². The highest BCUT2D eigenvalue weighted by Gasteiger charge is 2.39. The highest BCUT2D eigenvalue weighted by molar-refractivity contribution is 6.07. The molecule has 0 saturated heterocycles. The van der Waals surface area contributed by atoms with Crippen molar-refractivity contribution in [2.75, 3.05) is 11.9 Å². The van der Waals surface area contributed by atoms with Crippen LogP contribution in [-0.2, 0) is 17.9 Å². The Hall–Kier alpha value is -3.74. The van der Waals surface area contributed by atoms with Crippen molar-refractivity contribution in [2.24, 2.45) is 0 Å². The van der Waals surface area contributed by atoms with Gasteiger partial charge in [0.25, 0.3) is 5.91 Å². The minimum atomic E-state index is -4.80. The van der Waals surface area contributed by atoms with Gasteiger partial charge in [-0.05, 0) is 50.1 Å². The van der Waals surface area contributed by atoms with E-state index in [4.69, 9.17) is 9.47 Å². The van der Waals surface area contributed by atoms with Crippen LogP contribution in [0.2, 0.25) is 0 Å². The van der Waals surface area contributed by atoms with Crippen molar-refractivity contribution in [3.8, 4) is 11.4 Å². The van der Waals surface area contributed by atoms with Crippen LogP contribution in [0.3, 0.4) is 0 Å². The summed E-state index contributed by atoms with van der Waals surface area (Å²) < 4.78 is 80.8. The lowest BCUT2D eigenvalue weighted by molar-refractivity contribution is -0.189. The second-order valence-corrected chi connectivity index (χ2v) is 8.29. The van der Waals surface area contributed by atoms with Crippen LogP contribution in [0.15, 0.2) is 29.1 Å². The minimum absolute atomic E-state index is 0.00478. The number of hydrogen-bond donors (Lipinski definition) is 1. The van der Waals surface area contributed by atoms with Crippen molar-refractivity contribution in [1.82, 2.24) is 14.3 Å². The number of alkyl halides is 3. The van der Waals surface area contributed by atoms with Crippen molar-refractivity contribution in [3.63, 3.8) is 0 Å². The van der Waals surface area contributed by atoms with Gasteiger partial charge in [-0.25, -0.2) is 13.6 Å². The standard InChI is InChI=1S/C23H21F5N4O4/c1-11-6-14(24)7-12(2)20(11)29-21(33)15-8-16(25)17(9-18(15)36-13(3)23(26,27)28)32-22(34)31-4-5-35-10-19(31)30-32/h6-9,13H,4-5,10H2,1-3H3,(H,29,33)/t13-/m0/s1. The normalized spacial score (nSPS) is 14.3. The van der Waals surface area contributed by atoms with E-state index in [1.165, 1.54) is 18.4 Å². The molecule has 0 spiro atoms. The number of carbonyl (C=O) groups excluding carboxylic acids is 1. The molecular weight excluding hydrogens is 491 g/mol. The maximum atomic E-state index is 15.2. The molecule has 0 aliphatic carbocycles. The fourth-order valence-electron chi connectivity index (χ4n) is 3.77. The van der Waals surface area contributed by atoms with Crippen LogP contribution in [0.4, 0.5) is 27.6 Å². The summed E-state index contributed by atoms with van der Waals surface area (Å²) >= 11 is 0. The van der Waals surface area contributed by atoms with Crippen LogP contribution in [-0.4, -0.2) is 39.1 Å². The van der Waals surface area contributed by atoms with E-state index in [9.17, 15) is 27.2 Å². The molecule has 3 aromatic rings. The van der Waals surface area contributed by atoms with Crippen molar-refractivity contribution < 1.29 is 36.2 Å². The van der Waals surface area contributed by atoms with Gasteiger partial charge in [0.1, 0.15) is 29.7 Å². The molecule has 0 unspecified atom stereocenters. The monoisotopic (exact) mass is 512 g/mol. The highest BCUT2D eigenvalue weighted by Crippen LogP contribution is 2.32. The number of aryl methyl sites for hydroxylation is 2. The number of carbonyl (C=O) groups is 1. The fraction of sp³-hybridized carbons (Fsp3) is 0.348. The van der Waals surface area contributed by atoms with E-state index in [2.05, 4.69) is 10.4 Å². The van der Waals surface area contributed by atoms with Crippen molar-refractivity contribution in [3.05, 3.63) is 68.9 Å². The molecule has 0 radical (unpaired) electrons. The number of amides is 1. The topological polar surface area (TPSA) is 87.4 Å². The van der Waals surface area contributed by atoms with Gasteiger partial charge in [-0.3, -0.25) is 9.36 Å². The zero-order valence-corrected chi connectivity index (χ0v) is 19.4. The Bertz CT molecular complexity index is 1370. The van der Waals surface area contributed by atoms with E-state index < -0.39 is 52.5 Å². The zero-order chi connectivity index (χ0) is 26.4. The molecule has 192 valence electrons. The second-order valence-electron chi connectivity index (χ2n) is 8.29. The maximum absolute atomic E-state index is 15.2. The third-order valence-electron chi connectivity index (χ3n) is 5.65. The summed E-state index contributed by atoms with van der Waals surface area (Å²) in [5.41, 5.74) is -0.883. The Balaban J connectivity index is 1.80. The smallest absolute Gasteiger partial charge is 0.425 e. The van der Waals surface area contributed by atoms with Gasteiger partial charge in [-0.1, -0.05) is 0 Å². The predicted molar refractivity (Wildman–Crippen MR) is 117 cm³/mol. The van der Waals surface area contributed by atoms with Crippen LogP contribution in [0.5, 0.6) is 5.75 Å². The number of nitrogens with one attached hydrogen (secondary N) is 1. The largest absolute Gasteiger partial charge is 0.480 e. The first-order valence-corrected chi connectivity index (χ1v) is 10.8. The van der Waals surface area contributed by atoms with Crippen molar-refractivity contribution in [1.29, 1.82) is 0 Å². The molecular formula is C23H21F5N4O4. The number of hydrogen-bond acceptors (Lipinski definition) is 5. The summed E-state index contributed by atoms with van der Waals surface area (Å²) in [5, 5.41) is 6.49. The Morgan fingerprint density at radius 3 is 2.44 bits per heavy atom. The van der Waals surface area contributed by atoms with Gasteiger partial charge in [0.15, 0.2) is 11.9 Å². The molecule has 8 nitrogen and oxygen atoms in total. The number of ether oxygens (including phenoxy) is 2. The fourth-order valence-corrected chi connectivity index (χ4v) is 3.77. The summed E-state index contributed by atoms with van der Waals surface area (Å²) in [6.45, 7) is 4.16. The van der Waals surface area contributed by atoms with Gasteiger partial charge in [-0.2, -0.15) is 17.9 Å². The number of anilines is 1. The molecule has 0 saturated carbocycles. The molecule has 1 aliphatic heterocycles. The number of rotatable bonds is 5. The lowest BCUT2D eigenvalue weighted by Crippen LogP contribution is -2.32. The Morgan fingerprint density at radius 1 is 1.17 bits per heavy atom. The number of nitrogens with zero attached hydrogens (tertiary/aromatic N) is 3. The average molecular weight is 512 g/mol. The number of benzene rings is 2. The Kier molecular flexibility index (Phi) is 6.60. The van der Waals surface area contributed by atoms with Gasteiger partial charge in [0.2, 0.25) is 0 Å². The second kappa shape index (κ2) is 9.37. The van der Waals surface area contributed by atoms with E-state index in [0.717, 1.165) is 25.1 Å². The molecule has 4 rings (SSSR count). The number of halogens is 5. The molecule has 36 heavy (non-hydrogen) atoms. The first kappa shape index (κ1) is 25.4. The molecule has 0 bridgehead atoms. The first-order valence-electron chi connectivity index (χ1n) is 10.8. The van der Waals surface area contributed by atoms with E-state index >= 15 is 4.39 Å². The minimum Gasteiger partial charge on any atom is -0.480 e. The number of fused-ring (bicyclic) bond motifs is 1. The lowest BCUT2D eigenvalue weighted by atomic mass is 10.1. The van der Waals surface area contributed by atoms with E-state index in [1.807, 2.05) is 0 Å². The SMILES string of the molecule is Cc1cc(F)cc(C)c1NC(=O)c1cc(F)c(-n2nc3n(c2=O)CCOC3)cc1O[C@@H](C)C(F)(F)F. The van der Waals surface area contributed by atoms with Crippen LogP contribution in [0.1, 0.15) is 34.2 Å². The molecule has 1 atom stereocenters. The van der Waals surface area contributed by atoms with Crippen LogP contribution in [0.25, 0.3) is 5.69 Å².